The molecule has 19 heavy (non-hydrogen) atoms. The van der Waals surface area contributed by atoms with E-state index in [0.717, 1.165) is 12.8 Å². The van der Waals surface area contributed by atoms with Gasteiger partial charge in [-0.05, 0) is 18.8 Å². The number of likely N-dealkylation sites (tertiary alicyclic amines) is 1. The minimum Gasteiger partial charge on any atom is -0.481 e. The van der Waals surface area contributed by atoms with Crippen LogP contribution in [0, 0.1) is 5.92 Å². The minimum atomic E-state index is -0.845. The molecule has 1 unspecified atom stereocenters. The molecule has 0 bridgehead atoms. The summed E-state index contributed by atoms with van der Waals surface area (Å²) in [7, 11) is 0. The van der Waals surface area contributed by atoms with Gasteiger partial charge in [0.15, 0.2) is 0 Å². The summed E-state index contributed by atoms with van der Waals surface area (Å²) in [4.78, 5) is 25.9. The molecule has 1 atom stereocenters. The van der Waals surface area contributed by atoms with Crippen LogP contribution in [-0.2, 0) is 4.79 Å². The van der Waals surface area contributed by atoms with Gasteiger partial charge in [0.05, 0.1) is 13.2 Å². The average molecular weight is 274 g/mol. The number of urea groups is 1. The highest BCUT2D eigenvalue weighted by molar-refractivity contribution is 5.74. The van der Waals surface area contributed by atoms with Crippen molar-refractivity contribution >= 4 is 12.0 Å². The van der Waals surface area contributed by atoms with E-state index in [1.807, 2.05) is 0 Å². The molecule has 1 saturated heterocycles. The first-order valence-corrected chi connectivity index (χ1v) is 6.55. The molecule has 7 nitrogen and oxygen atoms in total. The Kier molecular flexibility index (Phi) is 6.58. The van der Waals surface area contributed by atoms with E-state index in [9.17, 15) is 9.59 Å². The number of aliphatic carboxylic acids is 1. The van der Waals surface area contributed by atoms with Gasteiger partial charge in [-0.2, -0.15) is 0 Å². The molecular formula is C12H22N2O5. The van der Waals surface area contributed by atoms with Gasteiger partial charge in [-0.1, -0.05) is 0 Å². The summed E-state index contributed by atoms with van der Waals surface area (Å²) in [6.07, 6.45) is 1.68. The third-order valence-electron chi connectivity index (χ3n) is 3.26. The van der Waals surface area contributed by atoms with E-state index < -0.39 is 5.97 Å². The first-order valence-electron chi connectivity index (χ1n) is 6.55. The second-order valence-corrected chi connectivity index (χ2v) is 4.77. The van der Waals surface area contributed by atoms with E-state index in [-0.39, 0.29) is 44.7 Å². The van der Waals surface area contributed by atoms with Gasteiger partial charge in [0.1, 0.15) is 0 Å². The largest absolute Gasteiger partial charge is 0.481 e. The number of carbonyl (C=O) groups excluding carboxylic acids is 1. The maximum atomic E-state index is 12.2. The third-order valence-corrected chi connectivity index (χ3v) is 3.26. The number of rotatable bonds is 6. The van der Waals surface area contributed by atoms with Crippen LogP contribution in [0.25, 0.3) is 0 Å². The lowest BCUT2D eigenvalue weighted by molar-refractivity contribution is -0.138. The van der Waals surface area contributed by atoms with Crippen LogP contribution in [0.2, 0.25) is 0 Å². The zero-order chi connectivity index (χ0) is 14.3. The predicted molar refractivity (Wildman–Crippen MR) is 67.7 cm³/mol. The summed E-state index contributed by atoms with van der Waals surface area (Å²) in [5.41, 5.74) is 0. The van der Waals surface area contributed by atoms with Crippen LogP contribution >= 0.6 is 0 Å². The van der Waals surface area contributed by atoms with Crippen molar-refractivity contribution in [2.75, 3.05) is 39.4 Å². The summed E-state index contributed by atoms with van der Waals surface area (Å²) >= 11 is 0. The van der Waals surface area contributed by atoms with Gasteiger partial charge >= 0.3 is 12.0 Å². The van der Waals surface area contributed by atoms with Crippen LogP contribution in [0.3, 0.4) is 0 Å². The molecule has 0 saturated carbocycles. The van der Waals surface area contributed by atoms with Crippen LogP contribution < -0.4 is 0 Å². The second kappa shape index (κ2) is 7.96. The van der Waals surface area contributed by atoms with Crippen molar-refractivity contribution < 1.29 is 24.9 Å². The van der Waals surface area contributed by atoms with Crippen LogP contribution in [-0.4, -0.2) is 76.5 Å². The molecule has 0 aromatic carbocycles. The molecule has 0 aromatic heterocycles. The van der Waals surface area contributed by atoms with Crippen molar-refractivity contribution in [2.45, 2.75) is 19.3 Å². The molecule has 2 amide bonds. The van der Waals surface area contributed by atoms with Crippen molar-refractivity contribution in [1.82, 2.24) is 9.80 Å². The SMILES string of the molecule is O=C(O)CC1CCCN(C(=O)N(CCO)CCO)C1. The first kappa shape index (κ1) is 15.7. The van der Waals surface area contributed by atoms with E-state index in [2.05, 4.69) is 0 Å². The summed E-state index contributed by atoms with van der Waals surface area (Å²) in [5, 5.41) is 26.6. The number of aliphatic hydroxyl groups is 2. The number of carbonyl (C=O) groups is 2. The van der Waals surface area contributed by atoms with Gasteiger partial charge in [0, 0.05) is 32.6 Å². The molecule has 1 aliphatic rings. The maximum absolute atomic E-state index is 12.2. The van der Waals surface area contributed by atoms with E-state index in [1.54, 1.807) is 4.90 Å². The Hall–Kier alpha value is -1.34. The van der Waals surface area contributed by atoms with E-state index in [0.29, 0.717) is 13.1 Å². The summed E-state index contributed by atoms with van der Waals surface area (Å²) in [6, 6.07) is -0.238. The van der Waals surface area contributed by atoms with E-state index in [1.165, 1.54) is 4.90 Å². The fraction of sp³-hybridized carbons (Fsp3) is 0.833. The average Bonchev–Trinajstić information content (AvgIpc) is 2.37. The van der Waals surface area contributed by atoms with Gasteiger partial charge in [0.2, 0.25) is 0 Å². The molecule has 0 radical (unpaired) electrons. The number of nitrogens with zero attached hydrogens (tertiary/aromatic N) is 2. The molecule has 0 spiro atoms. The van der Waals surface area contributed by atoms with Crippen molar-refractivity contribution in [1.29, 1.82) is 0 Å². The molecule has 3 N–H and O–H groups in total. The van der Waals surface area contributed by atoms with Crippen LogP contribution in [0.15, 0.2) is 0 Å². The van der Waals surface area contributed by atoms with E-state index >= 15 is 0 Å². The monoisotopic (exact) mass is 274 g/mol. The van der Waals surface area contributed by atoms with Crippen molar-refractivity contribution in [2.24, 2.45) is 5.92 Å². The number of carboxylic acid groups (broad SMARTS) is 1. The fourth-order valence-corrected chi connectivity index (χ4v) is 2.40. The smallest absolute Gasteiger partial charge is 0.320 e. The van der Waals surface area contributed by atoms with E-state index in [4.69, 9.17) is 15.3 Å². The van der Waals surface area contributed by atoms with Gasteiger partial charge in [-0.3, -0.25) is 4.79 Å². The first-order chi connectivity index (χ1) is 9.08. The number of aliphatic hydroxyl groups excluding tert-OH is 2. The summed E-state index contributed by atoms with van der Waals surface area (Å²) < 4.78 is 0. The van der Waals surface area contributed by atoms with Gasteiger partial charge in [0.25, 0.3) is 0 Å². The lowest BCUT2D eigenvalue weighted by atomic mass is 9.95. The number of hydrogen-bond donors (Lipinski definition) is 3. The third kappa shape index (κ3) is 5.04. The van der Waals surface area contributed by atoms with Crippen LogP contribution in [0.4, 0.5) is 4.79 Å². The molecular weight excluding hydrogens is 252 g/mol. The van der Waals surface area contributed by atoms with Crippen molar-refractivity contribution in [3.8, 4) is 0 Å². The number of amides is 2. The molecule has 1 rings (SSSR count). The molecule has 0 aliphatic carbocycles. The number of piperidine rings is 1. The lowest BCUT2D eigenvalue weighted by Gasteiger charge is -2.35. The Morgan fingerprint density at radius 2 is 1.84 bits per heavy atom. The Bertz CT molecular complexity index is 304. The maximum Gasteiger partial charge on any atom is 0.320 e. The second-order valence-electron chi connectivity index (χ2n) is 4.77. The Morgan fingerprint density at radius 1 is 1.21 bits per heavy atom. The van der Waals surface area contributed by atoms with Gasteiger partial charge < -0.3 is 25.1 Å². The summed E-state index contributed by atoms with van der Waals surface area (Å²) in [5.74, 6) is -0.859. The highest BCUT2D eigenvalue weighted by Crippen LogP contribution is 2.20. The normalized spacial score (nSPS) is 19.3. The number of carboxylic acids is 1. The van der Waals surface area contributed by atoms with Gasteiger partial charge in [-0.15, -0.1) is 0 Å². The Labute approximate surface area is 112 Å². The van der Waals surface area contributed by atoms with Gasteiger partial charge in [-0.25, -0.2) is 4.79 Å². The minimum absolute atomic E-state index is 0.0136. The molecule has 1 heterocycles. The molecule has 1 fully saturated rings. The summed E-state index contributed by atoms with van der Waals surface area (Å²) in [6.45, 7) is 1.08. The zero-order valence-corrected chi connectivity index (χ0v) is 11.0. The Balaban J connectivity index is 2.56. The highest BCUT2D eigenvalue weighted by atomic mass is 16.4. The highest BCUT2D eigenvalue weighted by Gasteiger charge is 2.27. The number of hydrogen-bond acceptors (Lipinski definition) is 4. The quantitative estimate of drug-likeness (QED) is 0.610. The van der Waals surface area contributed by atoms with Crippen LogP contribution in [0.1, 0.15) is 19.3 Å². The van der Waals surface area contributed by atoms with Crippen LogP contribution in [0.5, 0.6) is 0 Å². The molecule has 1 aliphatic heterocycles. The molecule has 7 heteroatoms. The zero-order valence-electron chi connectivity index (χ0n) is 11.0. The van der Waals surface area contributed by atoms with Crippen molar-refractivity contribution in [3.63, 3.8) is 0 Å². The molecule has 110 valence electrons. The predicted octanol–water partition coefficient (Wildman–Crippen LogP) is -0.420. The Morgan fingerprint density at radius 3 is 2.37 bits per heavy atom. The van der Waals surface area contributed by atoms with Crippen molar-refractivity contribution in [3.05, 3.63) is 0 Å². The fourth-order valence-electron chi connectivity index (χ4n) is 2.40. The standard InChI is InChI=1S/C12H22N2O5/c15-6-4-13(5-7-16)12(19)14-3-1-2-10(9-14)8-11(17)18/h10,15-16H,1-9H2,(H,17,18). The topological polar surface area (TPSA) is 101 Å². The lowest BCUT2D eigenvalue weighted by Crippen LogP contribution is -2.49. The molecule has 0 aromatic rings.